The molecule has 0 radical (unpaired) electrons. The minimum absolute atomic E-state index is 1.26. The predicted molar refractivity (Wildman–Crippen MR) is 81.8 cm³/mol. The molecule has 4 rings (SSSR count). The second kappa shape index (κ2) is 4.44. The molecule has 0 N–H and O–H groups in total. The van der Waals surface area contributed by atoms with Crippen LogP contribution < -0.4 is 4.57 Å². The van der Waals surface area contributed by atoms with Gasteiger partial charge in [0, 0.05) is 23.1 Å². The Morgan fingerprint density at radius 1 is 0.850 bits per heavy atom. The third-order valence-corrected chi connectivity index (χ3v) is 5.20. The Kier molecular flexibility index (Phi) is 2.70. The van der Waals surface area contributed by atoms with E-state index >= 15 is 0 Å². The van der Waals surface area contributed by atoms with Crippen LogP contribution in [-0.4, -0.2) is 0 Å². The number of aryl methyl sites for hydroxylation is 1. The van der Waals surface area contributed by atoms with Crippen molar-refractivity contribution in [2.24, 2.45) is 7.05 Å². The minimum Gasteiger partial charge on any atom is -0.198 e. The Labute approximate surface area is 121 Å². The molecule has 1 heterocycles. The van der Waals surface area contributed by atoms with Gasteiger partial charge in [-0.2, -0.15) is 4.57 Å². The van der Waals surface area contributed by atoms with Crippen LogP contribution in [0.3, 0.4) is 0 Å². The summed E-state index contributed by atoms with van der Waals surface area (Å²) in [5, 5.41) is 0. The highest BCUT2D eigenvalue weighted by Crippen LogP contribution is 2.37. The van der Waals surface area contributed by atoms with Gasteiger partial charge in [0.05, 0.1) is 0 Å². The first-order valence-corrected chi connectivity index (χ1v) is 7.89. The van der Waals surface area contributed by atoms with Gasteiger partial charge in [-0.25, -0.2) is 0 Å². The van der Waals surface area contributed by atoms with E-state index in [-0.39, 0.29) is 0 Å². The SMILES string of the molecule is Cc1ccccc1-c1c2c(c3c([n+]1C)CCC3)CCC2. The van der Waals surface area contributed by atoms with Gasteiger partial charge in [-0.15, -0.1) is 0 Å². The lowest BCUT2D eigenvalue weighted by Crippen LogP contribution is -2.38. The summed E-state index contributed by atoms with van der Waals surface area (Å²) in [6, 6.07) is 8.86. The molecule has 0 aliphatic heterocycles. The van der Waals surface area contributed by atoms with Crippen LogP contribution in [-0.2, 0) is 32.7 Å². The van der Waals surface area contributed by atoms with Crippen LogP contribution >= 0.6 is 0 Å². The molecule has 20 heavy (non-hydrogen) atoms. The molecule has 0 fully saturated rings. The van der Waals surface area contributed by atoms with Gasteiger partial charge < -0.3 is 0 Å². The quantitative estimate of drug-likeness (QED) is 0.694. The van der Waals surface area contributed by atoms with Gasteiger partial charge in [-0.05, 0) is 56.2 Å². The summed E-state index contributed by atoms with van der Waals surface area (Å²) >= 11 is 0. The van der Waals surface area contributed by atoms with Crippen LogP contribution in [0.4, 0.5) is 0 Å². The van der Waals surface area contributed by atoms with E-state index in [1.54, 1.807) is 22.4 Å². The summed E-state index contributed by atoms with van der Waals surface area (Å²) in [5.74, 6) is 0. The van der Waals surface area contributed by atoms with Gasteiger partial charge in [0.25, 0.3) is 0 Å². The van der Waals surface area contributed by atoms with E-state index in [4.69, 9.17) is 0 Å². The number of benzene rings is 1. The molecular weight excluding hydrogens is 242 g/mol. The number of fused-ring (bicyclic) bond motifs is 3. The second-order valence-corrected chi connectivity index (χ2v) is 6.31. The maximum absolute atomic E-state index is 2.51. The molecule has 0 spiro atoms. The van der Waals surface area contributed by atoms with Crippen LogP contribution in [0, 0.1) is 6.92 Å². The van der Waals surface area contributed by atoms with Crippen molar-refractivity contribution in [3.05, 3.63) is 52.2 Å². The number of hydrogen-bond acceptors (Lipinski definition) is 0. The first-order valence-electron chi connectivity index (χ1n) is 7.89. The third kappa shape index (κ3) is 1.59. The number of nitrogens with zero attached hydrogens (tertiary/aromatic N) is 1. The summed E-state index contributed by atoms with van der Waals surface area (Å²) in [5.41, 5.74) is 11.0. The van der Waals surface area contributed by atoms with Crippen LogP contribution in [0.1, 0.15) is 40.8 Å². The third-order valence-electron chi connectivity index (χ3n) is 5.20. The van der Waals surface area contributed by atoms with Crippen molar-refractivity contribution in [2.45, 2.75) is 45.4 Å². The highest BCUT2D eigenvalue weighted by Gasteiger charge is 2.33. The molecule has 0 saturated carbocycles. The Morgan fingerprint density at radius 3 is 2.40 bits per heavy atom. The van der Waals surface area contributed by atoms with Crippen LogP contribution in [0.2, 0.25) is 0 Å². The lowest BCUT2D eigenvalue weighted by molar-refractivity contribution is -0.668. The van der Waals surface area contributed by atoms with Crippen molar-refractivity contribution in [1.29, 1.82) is 0 Å². The molecule has 1 aromatic carbocycles. The lowest BCUT2D eigenvalue weighted by atomic mass is 9.95. The standard InChI is InChI=1S/C19H22N/c1-13-7-3-4-8-14(13)19-17-11-5-9-15(17)16-10-6-12-18(16)20(19)2/h3-4,7-8H,5-6,9-12H2,1-2H3/q+1. The molecule has 2 aliphatic carbocycles. The van der Waals surface area contributed by atoms with Crippen molar-refractivity contribution < 1.29 is 4.57 Å². The number of hydrogen-bond donors (Lipinski definition) is 0. The van der Waals surface area contributed by atoms with E-state index in [1.165, 1.54) is 55.3 Å². The highest BCUT2D eigenvalue weighted by atomic mass is 15.0. The zero-order valence-electron chi connectivity index (χ0n) is 12.5. The molecule has 2 aliphatic rings. The molecule has 1 nitrogen and oxygen atoms in total. The minimum atomic E-state index is 1.26. The van der Waals surface area contributed by atoms with E-state index in [0.717, 1.165) is 0 Å². The van der Waals surface area contributed by atoms with Crippen molar-refractivity contribution in [1.82, 2.24) is 0 Å². The van der Waals surface area contributed by atoms with Crippen molar-refractivity contribution in [2.75, 3.05) is 0 Å². The molecule has 0 saturated heterocycles. The number of rotatable bonds is 1. The van der Waals surface area contributed by atoms with Gasteiger partial charge in [0.15, 0.2) is 5.69 Å². The maximum Gasteiger partial charge on any atom is 0.216 e. The average Bonchev–Trinajstić information content (AvgIpc) is 3.08. The monoisotopic (exact) mass is 264 g/mol. The molecular formula is C19H22N+. The molecule has 1 heteroatoms. The van der Waals surface area contributed by atoms with Crippen molar-refractivity contribution >= 4 is 0 Å². The summed E-state index contributed by atoms with van der Waals surface area (Å²) in [7, 11) is 2.28. The fourth-order valence-electron chi connectivity index (χ4n) is 4.28. The number of aromatic nitrogens is 1. The molecule has 2 aromatic rings. The molecule has 1 aromatic heterocycles. The second-order valence-electron chi connectivity index (χ2n) is 6.31. The first kappa shape index (κ1) is 12.1. The topological polar surface area (TPSA) is 3.88 Å². The van der Waals surface area contributed by atoms with E-state index in [9.17, 15) is 0 Å². The first-order chi connectivity index (χ1) is 9.77. The lowest BCUT2D eigenvalue weighted by Gasteiger charge is -2.13. The highest BCUT2D eigenvalue weighted by molar-refractivity contribution is 5.67. The Balaban J connectivity index is 2.06. The van der Waals surface area contributed by atoms with Crippen LogP contribution in [0.25, 0.3) is 11.3 Å². The van der Waals surface area contributed by atoms with Gasteiger partial charge >= 0.3 is 0 Å². The van der Waals surface area contributed by atoms with Crippen molar-refractivity contribution in [3.8, 4) is 11.3 Å². The zero-order chi connectivity index (χ0) is 13.7. The smallest absolute Gasteiger partial charge is 0.198 e. The van der Waals surface area contributed by atoms with Gasteiger partial charge in [0.1, 0.15) is 7.05 Å². The Bertz CT molecular complexity index is 697. The molecule has 0 amide bonds. The summed E-state index contributed by atoms with van der Waals surface area (Å²) in [4.78, 5) is 0. The fraction of sp³-hybridized carbons (Fsp3) is 0.421. The van der Waals surface area contributed by atoms with Gasteiger partial charge in [-0.3, -0.25) is 0 Å². The molecule has 102 valence electrons. The van der Waals surface area contributed by atoms with Gasteiger partial charge in [-0.1, -0.05) is 18.2 Å². The normalized spacial score (nSPS) is 16.3. The van der Waals surface area contributed by atoms with E-state index in [0.29, 0.717) is 0 Å². The van der Waals surface area contributed by atoms with Crippen LogP contribution in [0.15, 0.2) is 24.3 Å². The van der Waals surface area contributed by atoms with Gasteiger partial charge in [0.2, 0.25) is 5.69 Å². The summed E-state index contributed by atoms with van der Waals surface area (Å²) < 4.78 is 2.51. The Morgan fingerprint density at radius 2 is 1.55 bits per heavy atom. The average molecular weight is 264 g/mol. The molecule has 0 bridgehead atoms. The molecule has 0 atom stereocenters. The van der Waals surface area contributed by atoms with E-state index < -0.39 is 0 Å². The largest absolute Gasteiger partial charge is 0.216 e. The summed E-state index contributed by atoms with van der Waals surface area (Å²) in [6.45, 7) is 2.24. The van der Waals surface area contributed by atoms with Crippen LogP contribution in [0.5, 0.6) is 0 Å². The predicted octanol–water partition coefficient (Wildman–Crippen LogP) is 3.46. The number of pyridine rings is 1. The summed E-state index contributed by atoms with van der Waals surface area (Å²) in [6.07, 6.45) is 7.81. The van der Waals surface area contributed by atoms with E-state index in [1.807, 2.05) is 0 Å². The van der Waals surface area contributed by atoms with Crippen molar-refractivity contribution in [3.63, 3.8) is 0 Å². The Hall–Kier alpha value is -1.63. The zero-order valence-corrected chi connectivity index (χ0v) is 12.5. The maximum atomic E-state index is 2.51. The fourth-order valence-corrected chi connectivity index (χ4v) is 4.28. The van der Waals surface area contributed by atoms with E-state index in [2.05, 4.69) is 42.8 Å². The molecule has 0 unspecified atom stereocenters.